The second kappa shape index (κ2) is 6.05. The van der Waals surface area contributed by atoms with Crippen molar-refractivity contribution in [2.75, 3.05) is 20.2 Å². The van der Waals surface area contributed by atoms with E-state index in [4.69, 9.17) is 15.7 Å². The van der Waals surface area contributed by atoms with Crippen molar-refractivity contribution in [2.24, 2.45) is 11.7 Å². The number of methoxy groups -OCH3 is 1. The van der Waals surface area contributed by atoms with Crippen LogP contribution in [0.4, 0.5) is 0 Å². The summed E-state index contributed by atoms with van der Waals surface area (Å²) in [6.07, 6.45) is 1.03. The third-order valence-corrected chi connectivity index (χ3v) is 3.86. The Kier molecular flexibility index (Phi) is 4.41. The molecule has 1 saturated heterocycles. The highest BCUT2D eigenvalue weighted by Crippen LogP contribution is 2.24. The third-order valence-electron chi connectivity index (χ3n) is 3.86. The van der Waals surface area contributed by atoms with Crippen molar-refractivity contribution in [3.63, 3.8) is 0 Å². The number of benzene rings is 1. The topological polar surface area (TPSA) is 62.3 Å². The molecule has 0 spiro atoms. The van der Waals surface area contributed by atoms with Crippen molar-refractivity contribution in [1.82, 2.24) is 4.90 Å². The van der Waals surface area contributed by atoms with Crippen LogP contribution in [0.5, 0.6) is 5.75 Å². The maximum atomic E-state index is 8.99. The van der Waals surface area contributed by atoms with Crippen molar-refractivity contribution < 1.29 is 4.74 Å². The summed E-state index contributed by atoms with van der Waals surface area (Å²) in [5.41, 5.74) is 7.79. The highest BCUT2D eigenvalue weighted by molar-refractivity contribution is 5.42. The van der Waals surface area contributed by atoms with E-state index in [1.807, 2.05) is 12.1 Å². The minimum absolute atomic E-state index is 0.309. The van der Waals surface area contributed by atoms with Crippen LogP contribution >= 0.6 is 0 Å². The van der Waals surface area contributed by atoms with E-state index in [2.05, 4.69) is 17.9 Å². The van der Waals surface area contributed by atoms with Gasteiger partial charge in [0.05, 0.1) is 18.7 Å². The van der Waals surface area contributed by atoms with Crippen LogP contribution in [-0.4, -0.2) is 31.1 Å². The Morgan fingerprint density at radius 1 is 1.53 bits per heavy atom. The van der Waals surface area contributed by atoms with Gasteiger partial charge in [0.2, 0.25) is 0 Å². The van der Waals surface area contributed by atoms with Crippen LogP contribution in [0.2, 0.25) is 0 Å². The summed E-state index contributed by atoms with van der Waals surface area (Å²) in [4.78, 5) is 2.38. The van der Waals surface area contributed by atoms with Crippen LogP contribution in [0.15, 0.2) is 18.2 Å². The lowest BCUT2D eigenvalue weighted by atomic mass is 9.94. The highest BCUT2D eigenvalue weighted by Gasteiger charge is 2.23. The Balaban J connectivity index is 2.12. The van der Waals surface area contributed by atoms with Crippen molar-refractivity contribution in [1.29, 1.82) is 5.26 Å². The molecular weight excluding hydrogens is 238 g/mol. The summed E-state index contributed by atoms with van der Waals surface area (Å²) >= 11 is 0. The first kappa shape index (κ1) is 13.9. The first-order valence-electron chi connectivity index (χ1n) is 6.69. The molecule has 0 amide bonds. The minimum atomic E-state index is 0.309. The molecule has 2 rings (SSSR count). The molecule has 0 aromatic heterocycles. The standard InChI is InChI=1S/C15H21N3O/c1-11-9-18(6-5-14(11)17)10-13-7-12(8-16)3-4-15(13)19-2/h3-4,7,11,14H,5-6,9-10,17H2,1-2H3. The Labute approximate surface area is 114 Å². The number of hydrogen-bond acceptors (Lipinski definition) is 4. The number of likely N-dealkylation sites (tertiary alicyclic amines) is 1. The second-order valence-corrected chi connectivity index (χ2v) is 5.30. The van der Waals surface area contributed by atoms with Crippen molar-refractivity contribution in [3.8, 4) is 11.8 Å². The molecule has 0 aliphatic carbocycles. The zero-order valence-electron chi connectivity index (χ0n) is 11.6. The van der Waals surface area contributed by atoms with Gasteiger partial charge in [0, 0.05) is 24.7 Å². The monoisotopic (exact) mass is 259 g/mol. The summed E-state index contributed by atoms with van der Waals surface area (Å²) in [5, 5.41) is 8.99. The van der Waals surface area contributed by atoms with Gasteiger partial charge in [0.15, 0.2) is 0 Å². The summed E-state index contributed by atoms with van der Waals surface area (Å²) in [5.74, 6) is 1.36. The van der Waals surface area contributed by atoms with Crippen LogP contribution in [0.25, 0.3) is 0 Å². The van der Waals surface area contributed by atoms with Crippen molar-refractivity contribution in [2.45, 2.75) is 25.9 Å². The lowest BCUT2D eigenvalue weighted by Gasteiger charge is -2.35. The number of ether oxygens (including phenoxy) is 1. The molecule has 1 aliphatic heterocycles. The summed E-state index contributed by atoms with van der Waals surface area (Å²) in [7, 11) is 1.67. The van der Waals surface area contributed by atoms with Gasteiger partial charge >= 0.3 is 0 Å². The molecular formula is C15H21N3O. The summed E-state index contributed by atoms with van der Waals surface area (Å²) in [6.45, 7) is 5.02. The van der Waals surface area contributed by atoms with Crippen LogP contribution in [-0.2, 0) is 6.54 Å². The first-order valence-corrected chi connectivity index (χ1v) is 6.69. The molecule has 0 saturated carbocycles. The maximum Gasteiger partial charge on any atom is 0.123 e. The van der Waals surface area contributed by atoms with E-state index >= 15 is 0 Å². The van der Waals surface area contributed by atoms with Gasteiger partial charge in [0.25, 0.3) is 0 Å². The molecule has 2 unspecified atom stereocenters. The Morgan fingerprint density at radius 2 is 2.32 bits per heavy atom. The molecule has 0 bridgehead atoms. The van der Waals surface area contributed by atoms with Crippen LogP contribution in [0.1, 0.15) is 24.5 Å². The van der Waals surface area contributed by atoms with Gasteiger partial charge in [-0.2, -0.15) is 5.26 Å². The van der Waals surface area contributed by atoms with E-state index in [9.17, 15) is 0 Å². The maximum absolute atomic E-state index is 8.99. The van der Waals surface area contributed by atoms with Crippen molar-refractivity contribution in [3.05, 3.63) is 29.3 Å². The fraction of sp³-hybridized carbons (Fsp3) is 0.533. The SMILES string of the molecule is COc1ccc(C#N)cc1CN1CCC(N)C(C)C1. The molecule has 2 atom stereocenters. The molecule has 1 aromatic carbocycles. The van der Waals surface area contributed by atoms with E-state index in [0.29, 0.717) is 17.5 Å². The summed E-state index contributed by atoms with van der Waals surface area (Å²) in [6, 6.07) is 8.06. The number of rotatable bonds is 3. The fourth-order valence-corrected chi connectivity index (χ4v) is 2.61. The van der Waals surface area contributed by atoms with Crippen molar-refractivity contribution >= 4 is 0 Å². The van der Waals surface area contributed by atoms with E-state index in [1.54, 1.807) is 13.2 Å². The van der Waals surface area contributed by atoms with E-state index in [0.717, 1.165) is 37.4 Å². The van der Waals surface area contributed by atoms with E-state index in [-0.39, 0.29) is 0 Å². The molecule has 4 heteroatoms. The smallest absolute Gasteiger partial charge is 0.123 e. The number of nitrogens with two attached hydrogens (primary N) is 1. The zero-order chi connectivity index (χ0) is 13.8. The molecule has 1 aliphatic rings. The van der Waals surface area contributed by atoms with Gasteiger partial charge in [-0.05, 0) is 37.1 Å². The lowest BCUT2D eigenvalue weighted by Crippen LogP contribution is -2.45. The first-order chi connectivity index (χ1) is 9.13. The molecule has 1 fully saturated rings. The average molecular weight is 259 g/mol. The van der Waals surface area contributed by atoms with Gasteiger partial charge in [-0.3, -0.25) is 4.90 Å². The Morgan fingerprint density at radius 3 is 2.95 bits per heavy atom. The third kappa shape index (κ3) is 3.25. The van der Waals surface area contributed by atoms with E-state index in [1.165, 1.54) is 0 Å². The lowest BCUT2D eigenvalue weighted by molar-refractivity contribution is 0.156. The number of nitriles is 1. The minimum Gasteiger partial charge on any atom is -0.496 e. The largest absolute Gasteiger partial charge is 0.496 e. The number of piperidine rings is 1. The predicted octanol–water partition coefficient (Wildman–Crippen LogP) is 1.74. The molecule has 2 N–H and O–H groups in total. The predicted molar refractivity (Wildman–Crippen MR) is 74.7 cm³/mol. The van der Waals surface area contributed by atoms with Crippen LogP contribution in [0, 0.1) is 17.2 Å². The zero-order valence-corrected chi connectivity index (χ0v) is 11.6. The molecule has 1 heterocycles. The number of hydrogen-bond donors (Lipinski definition) is 1. The molecule has 102 valence electrons. The van der Waals surface area contributed by atoms with E-state index < -0.39 is 0 Å². The molecule has 4 nitrogen and oxygen atoms in total. The van der Waals surface area contributed by atoms with Gasteiger partial charge in [-0.25, -0.2) is 0 Å². The molecule has 1 aromatic rings. The number of nitrogens with zero attached hydrogens (tertiary/aromatic N) is 2. The highest BCUT2D eigenvalue weighted by atomic mass is 16.5. The average Bonchev–Trinajstić information content (AvgIpc) is 2.43. The molecule has 19 heavy (non-hydrogen) atoms. The van der Waals surface area contributed by atoms with Gasteiger partial charge < -0.3 is 10.5 Å². The van der Waals surface area contributed by atoms with Gasteiger partial charge in [-0.1, -0.05) is 6.92 Å². The fourth-order valence-electron chi connectivity index (χ4n) is 2.61. The second-order valence-electron chi connectivity index (χ2n) is 5.30. The van der Waals surface area contributed by atoms with Gasteiger partial charge in [-0.15, -0.1) is 0 Å². The Hall–Kier alpha value is -1.57. The van der Waals surface area contributed by atoms with Crippen LogP contribution < -0.4 is 10.5 Å². The van der Waals surface area contributed by atoms with Crippen LogP contribution in [0.3, 0.4) is 0 Å². The normalized spacial score (nSPS) is 23.9. The van der Waals surface area contributed by atoms with Gasteiger partial charge in [0.1, 0.15) is 5.75 Å². The quantitative estimate of drug-likeness (QED) is 0.898. The molecule has 0 radical (unpaired) electrons. The Bertz CT molecular complexity index is 481. The summed E-state index contributed by atoms with van der Waals surface area (Å²) < 4.78 is 5.37.